The number of nitrogens with zero attached hydrogens (tertiary/aromatic N) is 3. The number of aromatic amines is 1. The summed E-state index contributed by atoms with van der Waals surface area (Å²) in [7, 11) is 0. The van der Waals surface area contributed by atoms with Crippen LogP contribution in [0.25, 0.3) is 22.6 Å². The van der Waals surface area contributed by atoms with E-state index in [1.165, 1.54) is 12.1 Å². The van der Waals surface area contributed by atoms with Gasteiger partial charge in [-0.15, -0.1) is 0 Å². The third-order valence-electron chi connectivity index (χ3n) is 6.25. The van der Waals surface area contributed by atoms with Crippen molar-refractivity contribution in [2.24, 2.45) is 11.1 Å². The maximum atomic E-state index is 13.7. The first-order valence-electron chi connectivity index (χ1n) is 12.5. The highest BCUT2D eigenvalue weighted by molar-refractivity contribution is 5.82. The van der Waals surface area contributed by atoms with Crippen molar-refractivity contribution in [3.8, 4) is 28.7 Å². The van der Waals surface area contributed by atoms with Crippen molar-refractivity contribution in [3.63, 3.8) is 0 Å². The van der Waals surface area contributed by atoms with Crippen LogP contribution in [0.4, 0.5) is 4.39 Å². The number of rotatable bonds is 9. The molecule has 10 nitrogen and oxygen atoms in total. The lowest BCUT2D eigenvalue weighted by Crippen LogP contribution is -2.49. The van der Waals surface area contributed by atoms with E-state index >= 15 is 0 Å². The zero-order valence-corrected chi connectivity index (χ0v) is 21.4. The van der Waals surface area contributed by atoms with E-state index in [1.807, 2.05) is 30.3 Å². The van der Waals surface area contributed by atoms with Gasteiger partial charge in [0.25, 0.3) is 0 Å². The van der Waals surface area contributed by atoms with Crippen LogP contribution in [0.2, 0.25) is 0 Å². The molecular weight excluding hydrogens is 503 g/mol. The lowest BCUT2D eigenvalue weighted by Gasteiger charge is -2.35. The summed E-state index contributed by atoms with van der Waals surface area (Å²) in [5.41, 5.74) is 7.89. The van der Waals surface area contributed by atoms with E-state index in [-0.39, 0.29) is 30.9 Å². The summed E-state index contributed by atoms with van der Waals surface area (Å²) < 4.78 is 31.3. The van der Waals surface area contributed by atoms with E-state index in [2.05, 4.69) is 20.3 Å². The quantitative estimate of drug-likeness (QED) is 0.298. The Kier molecular flexibility index (Phi) is 7.92. The van der Waals surface area contributed by atoms with Gasteiger partial charge in [-0.2, -0.15) is 4.98 Å². The fourth-order valence-corrected chi connectivity index (χ4v) is 4.07. The second-order valence-electron chi connectivity index (χ2n) is 9.41. The summed E-state index contributed by atoms with van der Waals surface area (Å²) in [5, 5.41) is 2.78. The van der Waals surface area contributed by atoms with E-state index in [1.54, 1.807) is 31.3 Å². The average molecular weight is 533 g/mol. The monoisotopic (exact) mass is 532 g/mol. The molecule has 1 amide bonds. The summed E-state index contributed by atoms with van der Waals surface area (Å²) in [4.78, 5) is 29.3. The Labute approximate surface area is 224 Å². The van der Waals surface area contributed by atoms with Crippen molar-refractivity contribution in [2.45, 2.75) is 19.8 Å². The van der Waals surface area contributed by atoms with E-state index in [4.69, 9.17) is 24.9 Å². The Bertz CT molecular complexity index is 1410. The maximum absolute atomic E-state index is 13.7. The van der Waals surface area contributed by atoms with E-state index in [9.17, 15) is 9.18 Å². The van der Waals surface area contributed by atoms with Crippen LogP contribution < -0.4 is 15.8 Å². The predicted octanol–water partition coefficient (Wildman–Crippen LogP) is 3.38. The number of H-pyrrole nitrogens is 1. The molecule has 0 radical (unpaired) electrons. The van der Waals surface area contributed by atoms with Crippen LogP contribution >= 0.6 is 0 Å². The minimum atomic E-state index is -0.863. The van der Waals surface area contributed by atoms with Gasteiger partial charge in [0, 0.05) is 24.8 Å². The predicted molar refractivity (Wildman–Crippen MR) is 141 cm³/mol. The largest absolute Gasteiger partial charge is 0.459 e. The SMILES string of the molecule is CC1(C(=O)NCCN)COC(c2nc(-c3ccc(F)cc3)c(-c3ccnc(OCc4ccccc4)n3)[nH]2)OC1. The number of hydrogen-bond acceptors (Lipinski definition) is 8. The van der Waals surface area contributed by atoms with E-state index < -0.39 is 11.7 Å². The molecule has 0 bridgehead atoms. The average Bonchev–Trinajstić information content (AvgIpc) is 3.42. The van der Waals surface area contributed by atoms with Crippen molar-refractivity contribution in [3.05, 3.63) is 84.1 Å². The molecule has 11 heteroatoms. The van der Waals surface area contributed by atoms with Crippen LogP contribution in [0.1, 0.15) is 24.6 Å². The number of imidazole rings is 1. The number of aromatic nitrogens is 4. The zero-order chi connectivity index (χ0) is 27.2. The van der Waals surface area contributed by atoms with Gasteiger partial charge in [0.2, 0.25) is 12.2 Å². The number of nitrogens with one attached hydrogen (secondary N) is 2. The molecule has 1 aliphatic heterocycles. The van der Waals surface area contributed by atoms with Crippen molar-refractivity contribution < 1.29 is 23.4 Å². The van der Waals surface area contributed by atoms with Crippen LogP contribution in [-0.4, -0.2) is 52.1 Å². The summed E-state index contributed by atoms with van der Waals surface area (Å²) in [6.07, 6.45) is 0.750. The molecule has 0 unspecified atom stereocenters. The van der Waals surface area contributed by atoms with Crippen molar-refractivity contribution in [1.29, 1.82) is 0 Å². The Morgan fingerprint density at radius 2 is 1.87 bits per heavy atom. The Hall–Kier alpha value is -4.19. The second kappa shape index (κ2) is 11.7. The van der Waals surface area contributed by atoms with Crippen molar-refractivity contribution in [1.82, 2.24) is 25.3 Å². The lowest BCUT2D eigenvalue weighted by atomic mass is 9.91. The van der Waals surface area contributed by atoms with E-state index in [0.717, 1.165) is 5.56 Å². The number of amides is 1. The first-order chi connectivity index (χ1) is 18.9. The van der Waals surface area contributed by atoms with Crippen LogP contribution in [-0.2, 0) is 20.9 Å². The second-order valence-corrected chi connectivity index (χ2v) is 9.41. The smallest absolute Gasteiger partial charge is 0.317 e. The molecule has 5 rings (SSSR count). The van der Waals surface area contributed by atoms with Crippen molar-refractivity contribution in [2.75, 3.05) is 26.3 Å². The van der Waals surface area contributed by atoms with Gasteiger partial charge in [0.15, 0.2) is 5.82 Å². The molecule has 0 atom stereocenters. The Balaban J connectivity index is 1.41. The molecule has 4 N–H and O–H groups in total. The standard InChI is InChI=1S/C28H29FN6O4/c1-28(26(36)31-14-12-30)16-38-25(39-17-28)24-34-22(19-7-9-20(29)10-8-19)23(35-24)21-11-13-32-27(33-21)37-15-18-5-3-2-4-6-18/h2-11,13,25H,12,14-17,30H2,1H3,(H,31,36)(H,34,35). The number of halogens is 1. The first-order valence-corrected chi connectivity index (χ1v) is 12.5. The summed E-state index contributed by atoms with van der Waals surface area (Å²) in [6, 6.07) is 17.6. The topological polar surface area (TPSA) is 137 Å². The zero-order valence-electron chi connectivity index (χ0n) is 21.4. The molecule has 1 fully saturated rings. The number of hydrogen-bond donors (Lipinski definition) is 3. The fourth-order valence-electron chi connectivity index (χ4n) is 4.07. The molecule has 3 heterocycles. The molecule has 0 aliphatic carbocycles. The van der Waals surface area contributed by atoms with Gasteiger partial charge in [-0.25, -0.2) is 14.4 Å². The molecular formula is C28H29FN6O4. The molecule has 1 aliphatic rings. The van der Waals surface area contributed by atoms with Crippen molar-refractivity contribution >= 4 is 5.91 Å². The molecule has 0 saturated carbocycles. The third-order valence-corrected chi connectivity index (χ3v) is 6.25. The highest BCUT2D eigenvalue weighted by Crippen LogP contribution is 2.35. The van der Waals surface area contributed by atoms with Crippen LogP contribution in [0.3, 0.4) is 0 Å². The van der Waals surface area contributed by atoms with Gasteiger partial charge in [0.05, 0.1) is 35.7 Å². The van der Waals surface area contributed by atoms with Crippen LogP contribution in [0, 0.1) is 11.2 Å². The molecule has 2 aromatic carbocycles. The lowest BCUT2D eigenvalue weighted by molar-refractivity contribution is -0.231. The Morgan fingerprint density at radius 1 is 1.13 bits per heavy atom. The number of ether oxygens (including phenoxy) is 3. The minimum absolute atomic E-state index is 0.126. The maximum Gasteiger partial charge on any atom is 0.317 e. The summed E-state index contributed by atoms with van der Waals surface area (Å²) in [6.45, 7) is 3.04. The van der Waals surface area contributed by atoms with E-state index in [0.29, 0.717) is 48.2 Å². The van der Waals surface area contributed by atoms with Gasteiger partial charge in [-0.1, -0.05) is 30.3 Å². The minimum Gasteiger partial charge on any atom is -0.459 e. The van der Waals surface area contributed by atoms with Gasteiger partial charge in [0.1, 0.15) is 12.4 Å². The first kappa shape index (κ1) is 26.4. The molecule has 202 valence electrons. The Morgan fingerprint density at radius 3 is 2.59 bits per heavy atom. The number of carbonyl (C=O) groups excluding carboxylic acids is 1. The molecule has 0 spiro atoms. The van der Waals surface area contributed by atoms with Crippen LogP contribution in [0.15, 0.2) is 66.9 Å². The van der Waals surface area contributed by atoms with Gasteiger partial charge >= 0.3 is 6.01 Å². The van der Waals surface area contributed by atoms with Gasteiger partial charge in [-0.05, 0) is 42.8 Å². The molecule has 1 saturated heterocycles. The molecule has 2 aromatic heterocycles. The summed E-state index contributed by atoms with van der Waals surface area (Å²) in [5.74, 6) is -0.164. The highest BCUT2D eigenvalue weighted by atomic mass is 19.1. The summed E-state index contributed by atoms with van der Waals surface area (Å²) >= 11 is 0. The molecule has 4 aromatic rings. The molecule has 39 heavy (non-hydrogen) atoms. The van der Waals surface area contributed by atoms with Gasteiger partial charge in [-0.3, -0.25) is 4.79 Å². The third kappa shape index (κ3) is 6.11. The fraction of sp³-hybridized carbons (Fsp3) is 0.286. The number of carbonyl (C=O) groups is 1. The number of benzene rings is 2. The van der Waals surface area contributed by atoms with Crippen LogP contribution in [0.5, 0.6) is 6.01 Å². The van der Waals surface area contributed by atoms with Gasteiger partial charge < -0.3 is 30.2 Å². The number of nitrogens with two attached hydrogens (primary N) is 1. The normalized spacial score (nSPS) is 19.0. The highest BCUT2D eigenvalue weighted by Gasteiger charge is 2.40.